The van der Waals surface area contributed by atoms with Crippen molar-refractivity contribution in [3.8, 4) is 0 Å². The fourth-order valence-corrected chi connectivity index (χ4v) is 3.72. The number of rotatable bonds is 6. The van der Waals surface area contributed by atoms with Crippen LogP contribution in [0.15, 0.2) is 29.2 Å². The van der Waals surface area contributed by atoms with E-state index in [4.69, 9.17) is 5.73 Å². The third-order valence-corrected chi connectivity index (χ3v) is 5.55. The molecule has 1 saturated carbocycles. The molecule has 0 spiro atoms. The zero-order valence-corrected chi connectivity index (χ0v) is 13.3. The van der Waals surface area contributed by atoms with Crippen molar-refractivity contribution in [2.24, 2.45) is 11.7 Å². The molecular formula is C15H25N3O2S. The smallest absolute Gasteiger partial charge is 0.240 e. The number of sulfonamides is 1. The summed E-state index contributed by atoms with van der Waals surface area (Å²) in [6.45, 7) is 3.09. The van der Waals surface area contributed by atoms with Crippen molar-refractivity contribution in [3.05, 3.63) is 24.3 Å². The zero-order chi connectivity index (χ0) is 15.3. The number of nitrogens with two attached hydrogens (primary N) is 1. The first kappa shape index (κ1) is 16.3. The first-order chi connectivity index (χ1) is 10.0. The van der Waals surface area contributed by atoms with Crippen molar-refractivity contribution in [1.29, 1.82) is 0 Å². The lowest BCUT2D eigenvalue weighted by atomic mass is 9.86. The maximum absolute atomic E-state index is 11.8. The third-order valence-electron chi connectivity index (χ3n) is 3.99. The second-order valence-corrected chi connectivity index (χ2v) is 7.45. The van der Waals surface area contributed by atoms with Crippen LogP contribution in [0, 0.1) is 5.92 Å². The summed E-state index contributed by atoms with van der Waals surface area (Å²) in [6, 6.07) is 7.28. The van der Waals surface area contributed by atoms with Crippen LogP contribution >= 0.6 is 0 Å². The molecule has 118 valence electrons. The van der Waals surface area contributed by atoms with E-state index in [9.17, 15) is 8.42 Å². The topological polar surface area (TPSA) is 84.2 Å². The van der Waals surface area contributed by atoms with Crippen molar-refractivity contribution < 1.29 is 8.42 Å². The Bertz CT molecular complexity index is 535. The van der Waals surface area contributed by atoms with Crippen LogP contribution in [0.5, 0.6) is 0 Å². The van der Waals surface area contributed by atoms with Gasteiger partial charge in [-0.05, 0) is 55.9 Å². The Labute approximate surface area is 127 Å². The van der Waals surface area contributed by atoms with E-state index in [-0.39, 0.29) is 0 Å². The quantitative estimate of drug-likeness (QED) is 0.749. The molecule has 1 aromatic rings. The summed E-state index contributed by atoms with van der Waals surface area (Å²) in [5.41, 5.74) is 6.86. The van der Waals surface area contributed by atoms with E-state index in [1.54, 1.807) is 19.1 Å². The van der Waals surface area contributed by atoms with Crippen LogP contribution in [0.25, 0.3) is 0 Å². The average molecular weight is 311 g/mol. The summed E-state index contributed by atoms with van der Waals surface area (Å²) in [5, 5.41) is 3.38. The Morgan fingerprint density at radius 3 is 2.33 bits per heavy atom. The van der Waals surface area contributed by atoms with Gasteiger partial charge in [-0.15, -0.1) is 0 Å². The van der Waals surface area contributed by atoms with Crippen molar-refractivity contribution in [2.75, 3.05) is 18.4 Å². The minimum absolute atomic E-state index is 0.304. The molecule has 1 aliphatic carbocycles. The summed E-state index contributed by atoms with van der Waals surface area (Å²) in [7, 11) is -3.36. The van der Waals surface area contributed by atoms with Gasteiger partial charge in [-0.3, -0.25) is 0 Å². The standard InChI is InChI=1S/C15H25N3O2S/c1-2-18-21(19,20)15-9-7-14(8-10-15)17-11-12-3-5-13(16)6-4-12/h7-10,12-13,17-18H,2-6,11,16H2,1H3. The van der Waals surface area contributed by atoms with Gasteiger partial charge in [0.05, 0.1) is 4.90 Å². The van der Waals surface area contributed by atoms with Gasteiger partial charge in [-0.1, -0.05) is 6.92 Å². The van der Waals surface area contributed by atoms with Gasteiger partial charge >= 0.3 is 0 Å². The van der Waals surface area contributed by atoms with Crippen LogP contribution in [-0.2, 0) is 10.0 Å². The molecule has 6 heteroatoms. The first-order valence-corrected chi connectivity index (χ1v) is 9.08. The van der Waals surface area contributed by atoms with E-state index in [1.807, 2.05) is 12.1 Å². The van der Waals surface area contributed by atoms with Gasteiger partial charge in [-0.25, -0.2) is 13.1 Å². The third kappa shape index (κ3) is 4.69. The molecule has 0 amide bonds. The van der Waals surface area contributed by atoms with E-state index < -0.39 is 10.0 Å². The normalized spacial score (nSPS) is 23.0. The van der Waals surface area contributed by atoms with Crippen molar-refractivity contribution in [3.63, 3.8) is 0 Å². The lowest BCUT2D eigenvalue weighted by Gasteiger charge is -2.26. The van der Waals surface area contributed by atoms with Crippen LogP contribution < -0.4 is 15.8 Å². The van der Waals surface area contributed by atoms with Crippen LogP contribution in [0.3, 0.4) is 0 Å². The second kappa shape index (κ2) is 7.24. The maximum Gasteiger partial charge on any atom is 0.240 e. The number of benzene rings is 1. The molecule has 1 aliphatic rings. The van der Waals surface area contributed by atoms with Gasteiger partial charge < -0.3 is 11.1 Å². The molecule has 0 aromatic heterocycles. The molecule has 1 fully saturated rings. The van der Waals surface area contributed by atoms with E-state index >= 15 is 0 Å². The van der Waals surface area contributed by atoms with Gasteiger partial charge in [0.15, 0.2) is 0 Å². The van der Waals surface area contributed by atoms with Gasteiger partial charge in [-0.2, -0.15) is 0 Å². The Kier molecular flexibility index (Phi) is 5.61. The molecule has 0 unspecified atom stereocenters. The molecule has 2 rings (SSSR count). The van der Waals surface area contributed by atoms with Crippen LogP contribution in [0.2, 0.25) is 0 Å². The summed E-state index contributed by atoms with van der Waals surface area (Å²) in [4.78, 5) is 0.304. The minimum Gasteiger partial charge on any atom is -0.385 e. The van der Waals surface area contributed by atoms with Gasteiger partial charge in [0.25, 0.3) is 0 Å². The molecule has 1 aromatic carbocycles. The Hall–Kier alpha value is -1.11. The van der Waals surface area contributed by atoms with Crippen molar-refractivity contribution in [1.82, 2.24) is 4.72 Å². The largest absolute Gasteiger partial charge is 0.385 e. The second-order valence-electron chi connectivity index (χ2n) is 5.69. The summed E-state index contributed by atoms with van der Waals surface area (Å²) in [6.07, 6.45) is 4.54. The van der Waals surface area contributed by atoms with Crippen molar-refractivity contribution in [2.45, 2.75) is 43.5 Å². The summed E-state index contributed by atoms with van der Waals surface area (Å²) >= 11 is 0. The van der Waals surface area contributed by atoms with Crippen LogP contribution in [-0.4, -0.2) is 27.5 Å². The highest BCUT2D eigenvalue weighted by molar-refractivity contribution is 7.89. The summed E-state index contributed by atoms with van der Waals surface area (Å²) in [5.74, 6) is 0.662. The SMILES string of the molecule is CCNS(=O)(=O)c1ccc(NCC2CCC(N)CC2)cc1. The molecule has 0 radical (unpaired) electrons. The molecule has 0 saturated heterocycles. The van der Waals surface area contributed by atoms with E-state index in [2.05, 4.69) is 10.0 Å². The molecule has 0 bridgehead atoms. The Balaban J connectivity index is 1.88. The summed E-state index contributed by atoms with van der Waals surface area (Å²) < 4.78 is 26.2. The van der Waals surface area contributed by atoms with Gasteiger partial charge in [0, 0.05) is 24.8 Å². The molecule has 4 N–H and O–H groups in total. The molecule has 0 atom stereocenters. The molecule has 5 nitrogen and oxygen atoms in total. The Morgan fingerprint density at radius 1 is 1.14 bits per heavy atom. The highest BCUT2D eigenvalue weighted by atomic mass is 32.2. The number of anilines is 1. The predicted molar refractivity (Wildman–Crippen MR) is 85.7 cm³/mol. The predicted octanol–water partition coefficient (Wildman–Crippen LogP) is 1.91. The zero-order valence-electron chi connectivity index (χ0n) is 12.5. The lowest BCUT2D eigenvalue weighted by Crippen LogP contribution is -2.29. The minimum atomic E-state index is -3.36. The molecule has 0 heterocycles. The fourth-order valence-electron chi connectivity index (χ4n) is 2.68. The Morgan fingerprint density at radius 2 is 1.76 bits per heavy atom. The van der Waals surface area contributed by atoms with Crippen LogP contribution in [0.4, 0.5) is 5.69 Å². The number of nitrogens with one attached hydrogen (secondary N) is 2. The number of hydrogen-bond acceptors (Lipinski definition) is 4. The highest BCUT2D eigenvalue weighted by Crippen LogP contribution is 2.23. The van der Waals surface area contributed by atoms with E-state index in [1.165, 1.54) is 12.8 Å². The van der Waals surface area contributed by atoms with E-state index in [0.29, 0.717) is 23.4 Å². The lowest BCUT2D eigenvalue weighted by molar-refractivity contribution is 0.339. The highest BCUT2D eigenvalue weighted by Gasteiger charge is 2.18. The molecular weight excluding hydrogens is 286 g/mol. The average Bonchev–Trinajstić information content (AvgIpc) is 2.47. The number of hydrogen-bond donors (Lipinski definition) is 3. The molecule has 0 aliphatic heterocycles. The maximum atomic E-state index is 11.8. The van der Waals surface area contributed by atoms with Crippen molar-refractivity contribution >= 4 is 15.7 Å². The fraction of sp³-hybridized carbons (Fsp3) is 0.600. The van der Waals surface area contributed by atoms with E-state index in [0.717, 1.165) is 25.1 Å². The van der Waals surface area contributed by atoms with Crippen LogP contribution in [0.1, 0.15) is 32.6 Å². The first-order valence-electron chi connectivity index (χ1n) is 7.60. The monoisotopic (exact) mass is 311 g/mol. The molecule has 21 heavy (non-hydrogen) atoms. The van der Waals surface area contributed by atoms with Gasteiger partial charge in [0.1, 0.15) is 0 Å². The van der Waals surface area contributed by atoms with Gasteiger partial charge in [0.2, 0.25) is 10.0 Å².